The van der Waals surface area contributed by atoms with Gasteiger partial charge in [0.15, 0.2) is 0 Å². The Labute approximate surface area is 330 Å². The van der Waals surface area contributed by atoms with Crippen molar-refractivity contribution >= 4 is 27.5 Å². The van der Waals surface area contributed by atoms with Crippen molar-refractivity contribution in [2.75, 3.05) is 25.6 Å². The van der Waals surface area contributed by atoms with Crippen LogP contribution in [0.3, 0.4) is 0 Å². The molecule has 6 aromatic heterocycles. The number of fused-ring (bicyclic) bond motifs is 3. The Balaban J connectivity index is 0.000000184. The van der Waals surface area contributed by atoms with Crippen LogP contribution in [-0.4, -0.2) is 50.6 Å². The van der Waals surface area contributed by atoms with E-state index in [-0.39, 0.29) is 19.5 Å². The van der Waals surface area contributed by atoms with Gasteiger partial charge in [-0.05, 0) is 104 Å². The van der Waals surface area contributed by atoms with Gasteiger partial charge in [0.05, 0.1) is 40.4 Å². The van der Waals surface area contributed by atoms with Gasteiger partial charge in [-0.25, -0.2) is 0 Å². The van der Waals surface area contributed by atoms with E-state index in [9.17, 15) is 0 Å². The molecule has 0 radical (unpaired) electrons. The number of ether oxygens (including phenoxy) is 1. The second-order valence-electron chi connectivity index (χ2n) is 12.4. The summed E-state index contributed by atoms with van der Waals surface area (Å²) in [6.07, 6.45) is 15.2. The van der Waals surface area contributed by atoms with E-state index in [1.54, 1.807) is 24.8 Å². The Morgan fingerprint density at radius 3 is 1.61 bits per heavy atom. The average Bonchev–Trinajstić information content (AvgIpc) is 3.24. The first-order valence-electron chi connectivity index (χ1n) is 17.8. The van der Waals surface area contributed by atoms with E-state index in [0.29, 0.717) is 0 Å². The molecule has 0 N–H and O–H groups in total. The van der Waals surface area contributed by atoms with Crippen molar-refractivity contribution in [3.05, 3.63) is 170 Å². The van der Waals surface area contributed by atoms with Gasteiger partial charge < -0.3 is 9.64 Å². The summed E-state index contributed by atoms with van der Waals surface area (Å²) in [5, 5.41) is 2.36. The predicted octanol–water partition coefficient (Wildman–Crippen LogP) is 9.93. The molecule has 0 unspecified atom stereocenters. The zero-order valence-electron chi connectivity index (χ0n) is 30.5. The van der Waals surface area contributed by atoms with Gasteiger partial charge in [-0.1, -0.05) is 48.5 Å². The number of aromatic nitrogens is 6. The van der Waals surface area contributed by atoms with Gasteiger partial charge in [0.2, 0.25) is 0 Å². The summed E-state index contributed by atoms with van der Waals surface area (Å²) in [7, 11) is 4.08. The fourth-order valence-electron chi connectivity index (χ4n) is 5.72. The van der Waals surface area contributed by atoms with E-state index in [2.05, 4.69) is 71.2 Å². The molecule has 54 heavy (non-hydrogen) atoms. The summed E-state index contributed by atoms with van der Waals surface area (Å²) in [6.45, 7) is 0.753. The summed E-state index contributed by atoms with van der Waals surface area (Å²) in [5.41, 5.74) is 8.16. The quantitative estimate of drug-likeness (QED) is 0.0768. The van der Waals surface area contributed by atoms with E-state index < -0.39 is 0 Å². The van der Waals surface area contributed by atoms with Crippen LogP contribution in [0.25, 0.3) is 44.6 Å². The van der Waals surface area contributed by atoms with Gasteiger partial charge in [0.25, 0.3) is 0 Å². The molecule has 0 aliphatic heterocycles. The SMILES string of the molecule is CN(C)c1cccc(OCCCCCc2ccnc3c2ccc2cccnc23)c1.[Ru].c1ccc(-c2ccccn2)nc1.c1ccc(-c2ccccn2)nc1. The number of pyridine rings is 6. The number of aryl methyl sites for hydroxylation is 1. The molecule has 6 heterocycles. The van der Waals surface area contributed by atoms with Gasteiger partial charge in [-0.15, -0.1) is 0 Å². The number of unbranched alkanes of at least 4 members (excludes halogenated alkanes) is 2. The van der Waals surface area contributed by atoms with Gasteiger partial charge in [0.1, 0.15) is 5.75 Å². The molecule has 0 aliphatic carbocycles. The van der Waals surface area contributed by atoms with E-state index in [1.807, 2.05) is 117 Å². The average molecular weight is 799 g/mol. The maximum Gasteiger partial charge on any atom is 0.121 e. The van der Waals surface area contributed by atoms with E-state index in [1.165, 1.54) is 10.9 Å². The second kappa shape index (κ2) is 21.0. The van der Waals surface area contributed by atoms with Crippen LogP contribution < -0.4 is 9.64 Å². The van der Waals surface area contributed by atoms with Gasteiger partial charge in [-0.3, -0.25) is 29.9 Å². The summed E-state index contributed by atoms with van der Waals surface area (Å²) in [4.78, 5) is 28.0. The molecule has 0 saturated carbocycles. The Hall–Kier alpha value is -5.92. The fraction of sp³-hybridized carbons (Fsp3) is 0.156. The molecule has 0 fully saturated rings. The third-order valence-corrected chi connectivity index (χ3v) is 8.45. The minimum absolute atomic E-state index is 0. The topological polar surface area (TPSA) is 89.8 Å². The molecule has 0 aliphatic rings. The maximum atomic E-state index is 5.92. The zero-order valence-corrected chi connectivity index (χ0v) is 32.3. The smallest absolute Gasteiger partial charge is 0.121 e. The molecular formula is C45H43N7ORu. The van der Waals surface area contributed by atoms with Crippen molar-refractivity contribution in [2.24, 2.45) is 0 Å². The third-order valence-electron chi connectivity index (χ3n) is 8.45. The van der Waals surface area contributed by atoms with Crippen LogP contribution in [0.1, 0.15) is 24.8 Å². The van der Waals surface area contributed by atoms with Crippen molar-refractivity contribution in [1.29, 1.82) is 0 Å². The van der Waals surface area contributed by atoms with Gasteiger partial charge in [0, 0.05) is 93.3 Å². The van der Waals surface area contributed by atoms with Crippen LogP contribution in [0.2, 0.25) is 0 Å². The molecule has 8 aromatic rings. The normalized spacial score (nSPS) is 10.3. The minimum Gasteiger partial charge on any atom is -0.494 e. The molecule has 0 amide bonds. The van der Waals surface area contributed by atoms with E-state index >= 15 is 0 Å². The van der Waals surface area contributed by atoms with Crippen molar-refractivity contribution in [3.63, 3.8) is 0 Å². The van der Waals surface area contributed by atoms with E-state index in [4.69, 9.17) is 4.74 Å². The number of hydrogen-bond donors (Lipinski definition) is 0. The number of rotatable bonds is 10. The maximum absolute atomic E-state index is 5.92. The van der Waals surface area contributed by atoms with Crippen LogP contribution in [0, 0.1) is 0 Å². The first-order valence-corrected chi connectivity index (χ1v) is 17.8. The number of anilines is 1. The number of nitrogens with zero attached hydrogens (tertiary/aromatic N) is 7. The van der Waals surface area contributed by atoms with Crippen molar-refractivity contribution < 1.29 is 24.2 Å². The molecule has 0 saturated heterocycles. The Morgan fingerprint density at radius 1 is 0.481 bits per heavy atom. The Bertz CT molecular complexity index is 2130. The summed E-state index contributed by atoms with van der Waals surface area (Å²) < 4.78 is 5.92. The third kappa shape index (κ3) is 11.3. The van der Waals surface area contributed by atoms with Crippen LogP contribution in [0.4, 0.5) is 5.69 Å². The molecule has 9 heteroatoms. The van der Waals surface area contributed by atoms with Gasteiger partial charge >= 0.3 is 0 Å². The summed E-state index contributed by atoms with van der Waals surface area (Å²) >= 11 is 0. The monoisotopic (exact) mass is 799 g/mol. The van der Waals surface area contributed by atoms with Crippen molar-refractivity contribution in [1.82, 2.24) is 29.9 Å². The molecule has 0 atom stereocenters. The van der Waals surface area contributed by atoms with Crippen molar-refractivity contribution in [2.45, 2.75) is 25.7 Å². The first-order chi connectivity index (χ1) is 26.2. The van der Waals surface area contributed by atoms with Crippen LogP contribution in [0.5, 0.6) is 5.75 Å². The number of benzene rings is 2. The molecular weight excluding hydrogens is 756 g/mol. The predicted molar refractivity (Wildman–Crippen MR) is 216 cm³/mol. The van der Waals surface area contributed by atoms with E-state index in [0.717, 1.165) is 82.9 Å². The molecule has 272 valence electrons. The van der Waals surface area contributed by atoms with Crippen LogP contribution >= 0.6 is 0 Å². The van der Waals surface area contributed by atoms with Gasteiger partial charge in [-0.2, -0.15) is 0 Å². The second-order valence-corrected chi connectivity index (χ2v) is 12.4. The van der Waals surface area contributed by atoms with Crippen LogP contribution in [-0.2, 0) is 25.9 Å². The van der Waals surface area contributed by atoms with Crippen LogP contribution in [0.15, 0.2) is 165 Å². The fourth-order valence-corrected chi connectivity index (χ4v) is 5.72. The molecule has 0 spiro atoms. The van der Waals surface area contributed by atoms with Crippen molar-refractivity contribution in [3.8, 4) is 28.5 Å². The Kier molecular flexibility index (Phi) is 15.2. The standard InChI is InChI=1S/C25H27N3O.2C10H8N2.Ru/c1-28(2)21-10-6-11-22(18-21)29-17-5-3-4-8-19-14-16-27-25-23(19)13-12-20-9-7-15-26-24(20)25;2*1-3-7-11-9(5-1)10-6-2-4-8-12-10;/h6-7,9-16,18H,3-5,8,17H2,1-2H3;2*1-8H;. The molecule has 8 nitrogen and oxygen atoms in total. The summed E-state index contributed by atoms with van der Waals surface area (Å²) in [6, 6.07) is 41.9. The number of hydrogen-bond acceptors (Lipinski definition) is 8. The molecule has 0 bridgehead atoms. The largest absolute Gasteiger partial charge is 0.494 e. The minimum atomic E-state index is 0. The first kappa shape index (κ1) is 39.3. The summed E-state index contributed by atoms with van der Waals surface area (Å²) in [5.74, 6) is 0.940. The Morgan fingerprint density at radius 2 is 1.06 bits per heavy atom. The molecule has 8 rings (SSSR count). The zero-order chi connectivity index (χ0) is 36.5. The molecule has 2 aromatic carbocycles.